The quantitative estimate of drug-likeness (QED) is 0.333. The van der Waals surface area contributed by atoms with Crippen molar-refractivity contribution < 1.29 is 9.13 Å². The number of nitrogens with one attached hydrogen (secondary N) is 2. The normalized spacial score (nSPS) is 16.7. The third-order valence-electron chi connectivity index (χ3n) is 4.65. The summed E-state index contributed by atoms with van der Waals surface area (Å²) in [6.45, 7) is 9.79. The van der Waals surface area contributed by atoms with Gasteiger partial charge in [0.2, 0.25) is 0 Å². The second kappa shape index (κ2) is 13.3. The number of hydrogen-bond acceptors (Lipinski definition) is 3. The Morgan fingerprint density at radius 3 is 2.44 bits per heavy atom. The molecule has 154 valence electrons. The van der Waals surface area contributed by atoms with Gasteiger partial charge in [0, 0.05) is 39.3 Å². The lowest BCUT2D eigenvalue weighted by Crippen LogP contribution is -2.51. The SMILES string of the molecule is CN=C(NCCc1ccc(F)cc1)NCC(CC(C)C)N1CCOCC1.I. The molecule has 0 bridgehead atoms. The monoisotopic (exact) mass is 492 g/mol. The highest BCUT2D eigenvalue weighted by Gasteiger charge is 2.22. The topological polar surface area (TPSA) is 48.9 Å². The second-order valence-electron chi connectivity index (χ2n) is 7.19. The van der Waals surface area contributed by atoms with E-state index in [4.69, 9.17) is 4.74 Å². The van der Waals surface area contributed by atoms with Gasteiger partial charge in [-0.25, -0.2) is 4.39 Å². The van der Waals surface area contributed by atoms with Gasteiger partial charge in [0.1, 0.15) is 5.82 Å². The molecule has 1 aliphatic rings. The smallest absolute Gasteiger partial charge is 0.191 e. The summed E-state index contributed by atoms with van der Waals surface area (Å²) in [4.78, 5) is 6.84. The molecule has 1 saturated heterocycles. The van der Waals surface area contributed by atoms with Crippen molar-refractivity contribution in [3.63, 3.8) is 0 Å². The Balaban J connectivity index is 0.00000364. The summed E-state index contributed by atoms with van der Waals surface area (Å²) in [7, 11) is 1.79. The highest BCUT2D eigenvalue weighted by molar-refractivity contribution is 14.0. The fourth-order valence-electron chi connectivity index (χ4n) is 3.26. The van der Waals surface area contributed by atoms with E-state index < -0.39 is 0 Å². The van der Waals surface area contributed by atoms with Crippen molar-refractivity contribution in [1.29, 1.82) is 0 Å². The second-order valence-corrected chi connectivity index (χ2v) is 7.19. The van der Waals surface area contributed by atoms with E-state index in [0.717, 1.165) is 63.8 Å². The maximum absolute atomic E-state index is 13.0. The molecule has 7 heteroatoms. The van der Waals surface area contributed by atoms with Crippen molar-refractivity contribution in [2.75, 3.05) is 46.4 Å². The van der Waals surface area contributed by atoms with Crippen molar-refractivity contribution in [2.24, 2.45) is 10.9 Å². The summed E-state index contributed by atoms with van der Waals surface area (Å²) in [5, 5.41) is 6.81. The van der Waals surface area contributed by atoms with Crippen molar-refractivity contribution in [3.8, 4) is 0 Å². The number of halogens is 2. The lowest BCUT2D eigenvalue weighted by Gasteiger charge is -2.35. The Hall–Kier alpha value is -0.930. The summed E-state index contributed by atoms with van der Waals surface area (Å²) in [5.41, 5.74) is 1.11. The van der Waals surface area contributed by atoms with E-state index in [2.05, 4.69) is 34.4 Å². The van der Waals surface area contributed by atoms with Crippen LogP contribution in [0.5, 0.6) is 0 Å². The van der Waals surface area contributed by atoms with Crippen LogP contribution < -0.4 is 10.6 Å². The highest BCUT2D eigenvalue weighted by atomic mass is 127. The zero-order valence-corrected chi connectivity index (χ0v) is 19.0. The van der Waals surface area contributed by atoms with Gasteiger partial charge >= 0.3 is 0 Å². The molecule has 2 N–H and O–H groups in total. The van der Waals surface area contributed by atoms with Crippen LogP contribution in [0.15, 0.2) is 29.3 Å². The number of rotatable bonds is 8. The molecule has 1 aromatic rings. The fourth-order valence-corrected chi connectivity index (χ4v) is 3.26. The lowest BCUT2D eigenvalue weighted by molar-refractivity contribution is 0.0132. The van der Waals surface area contributed by atoms with Crippen LogP contribution in [-0.4, -0.2) is 63.3 Å². The van der Waals surface area contributed by atoms with Gasteiger partial charge in [-0.1, -0.05) is 26.0 Å². The number of hydrogen-bond donors (Lipinski definition) is 2. The number of guanidine groups is 1. The predicted octanol–water partition coefficient (Wildman–Crippen LogP) is 2.90. The molecule has 0 radical (unpaired) electrons. The Labute approximate surface area is 180 Å². The molecule has 1 fully saturated rings. The molecule has 0 aromatic heterocycles. The molecule has 1 atom stereocenters. The van der Waals surface area contributed by atoms with Crippen LogP contribution in [0.3, 0.4) is 0 Å². The number of ether oxygens (including phenoxy) is 1. The van der Waals surface area contributed by atoms with Crippen LogP contribution in [0.4, 0.5) is 4.39 Å². The molecular weight excluding hydrogens is 458 g/mol. The van der Waals surface area contributed by atoms with Crippen LogP contribution in [0.1, 0.15) is 25.8 Å². The highest BCUT2D eigenvalue weighted by Crippen LogP contribution is 2.13. The van der Waals surface area contributed by atoms with Crippen LogP contribution >= 0.6 is 24.0 Å². The fraction of sp³-hybridized carbons (Fsp3) is 0.650. The van der Waals surface area contributed by atoms with E-state index in [1.54, 1.807) is 7.05 Å². The molecule has 0 amide bonds. The first-order chi connectivity index (χ1) is 12.6. The number of nitrogens with zero attached hydrogens (tertiary/aromatic N) is 2. The first-order valence-electron chi connectivity index (χ1n) is 9.59. The minimum absolute atomic E-state index is 0. The Kier molecular flexibility index (Phi) is 11.9. The molecular formula is C20H34FIN4O. The Bertz CT molecular complexity index is 547. The van der Waals surface area contributed by atoms with Gasteiger partial charge in [0.15, 0.2) is 5.96 Å². The molecule has 0 saturated carbocycles. The molecule has 5 nitrogen and oxygen atoms in total. The molecule has 2 rings (SSSR count). The van der Waals surface area contributed by atoms with Crippen LogP contribution in [0.2, 0.25) is 0 Å². The molecule has 1 aliphatic heterocycles. The Morgan fingerprint density at radius 2 is 1.85 bits per heavy atom. The Morgan fingerprint density at radius 1 is 1.19 bits per heavy atom. The molecule has 0 aliphatic carbocycles. The van der Waals surface area contributed by atoms with Gasteiger partial charge in [-0.2, -0.15) is 0 Å². The van der Waals surface area contributed by atoms with Crippen molar-refractivity contribution in [2.45, 2.75) is 32.7 Å². The van der Waals surface area contributed by atoms with E-state index in [9.17, 15) is 4.39 Å². The number of aliphatic imine (C=N–C) groups is 1. The minimum Gasteiger partial charge on any atom is -0.379 e. The zero-order chi connectivity index (χ0) is 18.8. The van der Waals surface area contributed by atoms with Crippen molar-refractivity contribution in [1.82, 2.24) is 15.5 Å². The first kappa shape index (κ1) is 24.1. The largest absolute Gasteiger partial charge is 0.379 e. The zero-order valence-electron chi connectivity index (χ0n) is 16.7. The molecule has 27 heavy (non-hydrogen) atoms. The third kappa shape index (κ3) is 9.21. The van der Waals surface area contributed by atoms with Crippen molar-refractivity contribution in [3.05, 3.63) is 35.6 Å². The summed E-state index contributed by atoms with van der Waals surface area (Å²) < 4.78 is 18.4. The van der Waals surface area contributed by atoms with E-state index >= 15 is 0 Å². The van der Waals surface area contributed by atoms with Gasteiger partial charge in [-0.3, -0.25) is 9.89 Å². The summed E-state index contributed by atoms with van der Waals surface area (Å²) in [6, 6.07) is 7.13. The minimum atomic E-state index is -0.196. The van der Waals surface area contributed by atoms with Gasteiger partial charge in [-0.15, -0.1) is 24.0 Å². The van der Waals surface area contributed by atoms with Gasteiger partial charge < -0.3 is 15.4 Å². The number of benzene rings is 1. The van der Waals surface area contributed by atoms with Crippen LogP contribution in [0.25, 0.3) is 0 Å². The van der Waals surface area contributed by atoms with Crippen molar-refractivity contribution >= 4 is 29.9 Å². The standard InChI is InChI=1S/C20H33FN4O.HI/c1-16(2)14-19(25-10-12-26-13-11-25)15-24-20(22-3)23-9-8-17-4-6-18(21)7-5-17;/h4-7,16,19H,8-15H2,1-3H3,(H2,22,23,24);1H. The third-order valence-corrected chi connectivity index (χ3v) is 4.65. The van der Waals surface area contributed by atoms with Gasteiger partial charge in [0.05, 0.1) is 13.2 Å². The van der Waals surface area contributed by atoms with Gasteiger partial charge in [-0.05, 0) is 36.5 Å². The van der Waals surface area contributed by atoms with E-state index in [1.807, 2.05) is 12.1 Å². The molecule has 1 heterocycles. The maximum atomic E-state index is 13.0. The van der Waals surface area contributed by atoms with E-state index in [-0.39, 0.29) is 29.8 Å². The lowest BCUT2D eigenvalue weighted by atomic mass is 10.0. The summed E-state index contributed by atoms with van der Waals surface area (Å²) in [5.74, 6) is 1.27. The average molecular weight is 492 g/mol. The van der Waals surface area contributed by atoms with E-state index in [0.29, 0.717) is 12.0 Å². The number of morpholine rings is 1. The molecule has 1 aromatic carbocycles. The maximum Gasteiger partial charge on any atom is 0.191 e. The predicted molar refractivity (Wildman–Crippen MR) is 121 cm³/mol. The summed E-state index contributed by atoms with van der Waals surface area (Å²) in [6.07, 6.45) is 1.99. The van der Waals surface area contributed by atoms with Crippen LogP contribution in [0, 0.1) is 11.7 Å². The molecule has 1 unspecified atom stereocenters. The summed E-state index contributed by atoms with van der Waals surface area (Å²) >= 11 is 0. The van der Waals surface area contributed by atoms with E-state index in [1.165, 1.54) is 12.1 Å². The van der Waals surface area contributed by atoms with Gasteiger partial charge in [0.25, 0.3) is 0 Å². The van der Waals surface area contributed by atoms with Crippen LogP contribution in [-0.2, 0) is 11.2 Å². The first-order valence-corrected chi connectivity index (χ1v) is 9.59. The average Bonchev–Trinajstić information content (AvgIpc) is 2.65. The molecule has 0 spiro atoms.